The molecule has 2 heterocycles. The van der Waals surface area contributed by atoms with Crippen molar-refractivity contribution >= 4 is 34.2 Å². The van der Waals surface area contributed by atoms with Gasteiger partial charge in [0, 0.05) is 30.4 Å². The Bertz CT molecular complexity index is 1120. The standard InChI is InChI=1S/C27H34N4O2S/c1-7-31-26(32)34-27(4,5)24(29-31)21-12-15-23-20(17-21)9-8-16-30(23)25(28-18(2)3)19-10-13-22(33-6)14-11-19/h10-15,17-18H,7-9,16H2,1-6H3. The highest BCUT2D eigenvalue weighted by atomic mass is 32.2. The number of anilines is 1. The highest BCUT2D eigenvalue weighted by Crippen LogP contribution is 2.38. The van der Waals surface area contributed by atoms with E-state index in [1.165, 1.54) is 23.0 Å². The van der Waals surface area contributed by atoms with Gasteiger partial charge in [0.15, 0.2) is 0 Å². The molecule has 0 N–H and O–H groups in total. The molecule has 0 bridgehead atoms. The van der Waals surface area contributed by atoms with Crippen molar-refractivity contribution in [1.29, 1.82) is 0 Å². The second-order valence-corrected chi connectivity index (χ2v) is 11.0. The Labute approximate surface area is 207 Å². The molecule has 0 saturated heterocycles. The first-order valence-electron chi connectivity index (χ1n) is 12.0. The molecule has 0 unspecified atom stereocenters. The number of aryl methyl sites for hydroxylation is 1. The molecule has 0 aliphatic carbocycles. The van der Waals surface area contributed by atoms with Crippen LogP contribution >= 0.6 is 11.8 Å². The number of benzene rings is 2. The van der Waals surface area contributed by atoms with Gasteiger partial charge in [0.05, 0.1) is 17.6 Å². The Kier molecular flexibility index (Phi) is 7.03. The zero-order valence-electron chi connectivity index (χ0n) is 21.0. The first-order valence-corrected chi connectivity index (χ1v) is 12.8. The summed E-state index contributed by atoms with van der Waals surface area (Å²) in [6, 6.07) is 14.9. The molecule has 4 rings (SSSR count). The molecule has 0 radical (unpaired) electrons. The van der Waals surface area contributed by atoms with Gasteiger partial charge in [-0.2, -0.15) is 5.10 Å². The van der Waals surface area contributed by atoms with E-state index < -0.39 is 0 Å². The number of carbonyl (C=O) groups excluding carboxylic acids is 1. The number of methoxy groups -OCH3 is 1. The molecular weight excluding hydrogens is 444 g/mol. The number of aliphatic imine (C=N–C) groups is 1. The summed E-state index contributed by atoms with van der Waals surface area (Å²) in [5, 5.41) is 6.31. The monoisotopic (exact) mass is 478 g/mol. The number of ether oxygens (including phenoxy) is 1. The molecule has 0 atom stereocenters. The smallest absolute Gasteiger partial charge is 0.302 e. The lowest BCUT2D eigenvalue weighted by molar-refractivity contribution is 0.226. The minimum absolute atomic E-state index is 0.00872. The van der Waals surface area contributed by atoms with Gasteiger partial charge in [0.2, 0.25) is 0 Å². The normalized spacial score (nSPS) is 18.1. The third-order valence-corrected chi connectivity index (χ3v) is 7.19. The number of rotatable bonds is 5. The molecule has 6 nitrogen and oxygen atoms in total. The first-order chi connectivity index (χ1) is 16.2. The van der Waals surface area contributed by atoms with E-state index in [0.717, 1.165) is 47.8 Å². The van der Waals surface area contributed by atoms with Crippen LogP contribution in [-0.2, 0) is 6.42 Å². The van der Waals surface area contributed by atoms with Gasteiger partial charge in [-0.15, -0.1) is 0 Å². The van der Waals surface area contributed by atoms with Crippen LogP contribution in [0.15, 0.2) is 52.6 Å². The van der Waals surface area contributed by atoms with Crippen LogP contribution in [-0.4, -0.2) is 52.8 Å². The molecule has 0 saturated carbocycles. The van der Waals surface area contributed by atoms with Crippen LogP contribution in [0.25, 0.3) is 0 Å². The Balaban J connectivity index is 1.74. The first kappa shape index (κ1) is 24.3. The average molecular weight is 479 g/mol. The number of thioether (sulfide) groups is 1. The maximum Gasteiger partial charge on any atom is 0.302 e. The summed E-state index contributed by atoms with van der Waals surface area (Å²) < 4.78 is 4.97. The van der Waals surface area contributed by atoms with Crippen LogP contribution in [0.3, 0.4) is 0 Å². The number of hydrogen-bond acceptors (Lipinski definition) is 5. The van der Waals surface area contributed by atoms with Gasteiger partial charge in [-0.1, -0.05) is 17.8 Å². The van der Waals surface area contributed by atoms with Crippen LogP contribution in [0.5, 0.6) is 5.75 Å². The van der Waals surface area contributed by atoms with E-state index in [9.17, 15) is 4.79 Å². The summed E-state index contributed by atoms with van der Waals surface area (Å²) in [5.41, 5.74) is 5.59. The molecule has 180 valence electrons. The fourth-order valence-corrected chi connectivity index (χ4v) is 5.42. The summed E-state index contributed by atoms with van der Waals surface area (Å²) in [7, 11) is 1.68. The van der Waals surface area contributed by atoms with Crippen molar-refractivity contribution in [3.8, 4) is 5.75 Å². The van der Waals surface area contributed by atoms with E-state index in [-0.39, 0.29) is 16.0 Å². The number of nitrogens with zero attached hydrogens (tertiary/aromatic N) is 4. The quantitative estimate of drug-likeness (QED) is 0.392. The SMILES string of the molecule is CCN1N=C(c2ccc3c(c2)CCCN3C(=NC(C)C)c2ccc(OC)cc2)C(C)(C)SC1=O. The lowest BCUT2D eigenvalue weighted by Gasteiger charge is -2.35. The molecule has 0 fully saturated rings. The second kappa shape index (κ2) is 9.82. The predicted molar refractivity (Wildman–Crippen MR) is 143 cm³/mol. The molecule has 0 aromatic heterocycles. The minimum atomic E-state index is -0.376. The van der Waals surface area contributed by atoms with Crippen LogP contribution in [0.1, 0.15) is 57.7 Å². The number of amidine groups is 1. The topological polar surface area (TPSA) is 57.5 Å². The number of hydrogen-bond donors (Lipinski definition) is 0. The zero-order chi connectivity index (χ0) is 24.5. The Morgan fingerprint density at radius 1 is 1.21 bits per heavy atom. The molecule has 2 aromatic carbocycles. The van der Waals surface area contributed by atoms with Crippen LogP contribution in [0.2, 0.25) is 0 Å². The number of hydrazone groups is 1. The molecule has 2 aromatic rings. The van der Waals surface area contributed by atoms with Crippen molar-refractivity contribution < 1.29 is 9.53 Å². The van der Waals surface area contributed by atoms with E-state index in [1.807, 2.05) is 19.1 Å². The van der Waals surface area contributed by atoms with Gasteiger partial charge in [-0.3, -0.25) is 9.79 Å². The van der Waals surface area contributed by atoms with Gasteiger partial charge in [-0.05, 0) is 95.0 Å². The van der Waals surface area contributed by atoms with E-state index in [4.69, 9.17) is 14.8 Å². The minimum Gasteiger partial charge on any atom is -0.497 e. The molecule has 0 spiro atoms. The van der Waals surface area contributed by atoms with Crippen LogP contribution in [0.4, 0.5) is 10.5 Å². The molecule has 2 aliphatic rings. The maximum atomic E-state index is 12.4. The van der Waals surface area contributed by atoms with Crippen molar-refractivity contribution in [3.63, 3.8) is 0 Å². The van der Waals surface area contributed by atoms with Gasteiger partial charge < -0.3 is 9.64 Å². The number of fused-ring (bicyclic) bond motifs is 1. The van der Waals surface area contributed by atoms with Crippen molar-refractivity contribution in [2.24, 2.45) is 10.1 Å². The van der Waals surface area contributed by atoms with Crippen molar-refractivity contribution in [2.75, 3.05) is 25.1 Å². The molecule has 2 aliphatic heterocycles. The number of amides is 1. The average Bonchev–Trinajstić information content (AvgIpc) is 2.81. The van der Waals surface area contributed by atoms with Crippen molar-refractivity contribution in [2.45, 2.75) is 58.2 Å². The van der Waals surface area contributed by atoms with Crippen LogP contribution in [0, 0.1) is 0 Å². The molecule has 7 heteroatoms. The second-order valence-electron chi connectivity index (χ2n) is 9.42. The largest absolute Gasteiger partial charge is 0.497 e. The summed E-state index contributed by atoms with van der Waals surface area (Å²) in [6.45, 7) is 11.8. The Morgan fingerprint density at radius 2 is 1.94 bits per heavy atom. The van der Waals surface area contributed by atoms with E-state index in [2.05, 4.69) is 62.9 Å². The molecular formula is C27H34N4O2S. The van der Waals surface area contributed by atoms with E-state index in [1.54, 1.807) is 12.1 Å². The predicted octanol–water partition coefficient (Wildman–Crippen LogP) is 5.97. The number of carbonyl (C=O) groups is 1. The fourth-order valence-electron chi connectivity index (χ4n) is 4.46. The van der Waals surface area contributed by atoms with Crippen LogP contribution < -0.4 is 9.64 Å². The third-order valence-electron chi connectivity index (χ3n) is 6.10. The van der Waals surface area contributed by atoms with Gasteiger partial charge in [0.1, 0.15) is 11.6 Å². The van der Waals surface area contributed by atoms with E-state index >= 15 is 0 Å². The van der Waals surface area contributed by atoms with Crippen molar-refractivity contribution in [3.05, 3.63) is 59.2 Å². The molecule has 1 amide bonds. The summed E-state index contributed by atoms with van der Waals surface area (Å²) >= 11 is 1.35. The lowest BCUT2D eigenvalue weighted by Crippen LogP contribution is -2.41. The lowest BCUT2D eigenvalue weighted by atomic mass is 9.93. The maximum absolute atomic E-state index is 12.4. The van der Waals surface area contributed by atoms with E-state index in [0.29, 0.717) is 6.54 Å². The summed E-state index contributed by atoms with van der Waals surface area (Å²) in [6.07, 6.45) is 2.06. The van der Waals surface area contributed by atoms with Gasteiger partial charge >= 0.3 is 5.24 Å². The summed E-state index contributed by atoms with van der Waals surface area (Å²) in [5.74, 6) is 1.82. The highest BCUT2D eigenvalue weighted by Gasteiger charge is 2.37. The molecule has 34 heavy (non-hydrogen) atoms. The third kappa shape index (κ3) is 4.85. The Hall–Kier alpha value is -2.80. The summed E-state index contributed by atoms with van der Waals surface area (Å²) in [4.78, 5) is 19.7. The highest BCUT2D eigenvalue weighted by molar-refractivity contribution is 8.15. The van der Waals surface area contributed by atoms with Gasteiger partial charge in [0.25, 0.3) is 0 Å². The van der Waals surface area contributed by atoms with Gasteiger partial charge in [-0.25, -0.2) is 5.01 Å². The zero-order valence-corrected chi connectivity index (χ0v) is 21.8. The van der Waals surface area contributed by atoms with Crippen molar-refractivity contribution in [1.82, 2.24) is 5.01 Å². The fraction of sp³-hybridized carbons (Fsp3) is 0.444. The Morgan fingerprint density at radius 3 is 2.59 bits per heavy atom.